The number of carbonyl (C=O) groups is 1. The third-order valence-electron chi connectivity index (χ3n) is 3.00. The van der Waals surface area contributed by atoms with E-state index in [1.807, 2.05) is 30.3 Å². The van der Waals surface area contributed by atoms with E-state index in [1.165, 1.54) is 0 Å². The van der Waals surface area contributed by atoms with Gasteiger partial charge in [-0.05, 0) is 17.9 Å². The van der Waals surface area contributed by atoms with E-state index >= 15 is 0 Å². The van der Waals surface area contributed by atoms with Crippen molar-refractivity contribution >= 4 is 16.7 Å². The number of carbonyl (C=O) groups excluding carboxylic acids is 1. The van der Waals surface area contributed by atoms with Crippen molar-refractivity contribution in [3.63, 3.8) is 0 Å². The molecule has 0 atom stereocenters. The average Bonchev–Trinajstić information content (AvgIpc) is 2.49. The predicted octanol–water partition coefficient (Wildman–Crippen LogP) is 3.30. The summed E-state index contributed by atoms with van der Waals surface area (Å²) in [6, 6.07) is 14.1. The number of rotatable bonds is 7. The second-order valence-electron chi connectivity index (χ2n) is 4.52. The van der Waals surface area contributed by atoms with Crippen molar-refractivity contribution in [2.75, 3.05) is 13.2 Å². The van der Waals surface area contributed by atoms with Crippen molar-refractivity contribution in [3.8, 4) is 5.75 Å². The molecule has 0 radical (unpaired) electrons. The Morgan fingerprint density at radius 3 is 2.85 bits per heavy atom. The summed E-state index contributed by atoms with van der Waals surface area (Å²) in [5.41, 5.74) is 0. The summed E-state index contributed by atoms with van der Waals surface area (Å²) in [6.45, 7) is 4.61. The molecule has 0 aliphatic heterocycles. The molecule has 2 aromatic carbocycles. The molecule has 0 saturated carbocycles. The molecular formula is C17H19NO2. The number of ether oxygens (including phenoxy) is 1. The van der Waals surface area contributed by atoms with Gasteiger partial charge in [-0.25, -0.2) is 0 Å². The van der Waals surface area contributed by atoms with Crippen molar-refractivity contribution in [1.82, 2.24) is 5.32 Å². The number of hydrogen-bond donors (Lipinski definition) is 1. The Morgan fingerprint density at radius 2 is 2.00 bits per heavy atom. The zero-order chi connectivity index (χ0) is 14.2. The Bertz CT molecular complexity index is 587. The van der Waals surface area contributed by atoms with Gasteiger partial charge in [-0.2, -0.15) is 0 Å². The molecule has 3 nitrogen and oxygen atoms in total. The maximum Gasteiger partial charge on any atom is 0.220 e. The van der Waals surface area contributed by atoms with E-state index in [1.54, 1.807) is 6.08 Å². The Morgan fingerprint density at radius 1 is 1.20 bits per heavy atom. The molecule has 1 N–H and O–H groups in total. The zero-order valence-electron chi connectivity index (χ0n) is 11.5. The molecule has 3 heteroatoms. The molecule has 20 heavy (non-hydrogen) atoms. The smallest absolute Gasteiger partial charge is 0.220 e. The Labute approximate surface area is 119 Å². The fraction of sp³-hybridized carbons (Fsp3) is 0.235. The molecule has 2 aromatic rings. The SMILES string of the molecule is C=CCNC(=O)CCCOc1cccc2ccccc12. The second kappa shape index (κ2) is 7.34. The highest BCUT2D eigenvalue weighted by atomic mass is 16.5. The minimum atomic E-state index is 0.0337. The second-order valence-corrected chi connectivity index (χ2v) is 4.52. The van der Waals surface area contributed by atoms with Crippen LogP contribution in [0.1, 0.15) is 12.8 Å². The monoisotopic (exact) mass is 269 g/mol. The van der Waals surface area contributed by atoms with Gasteiger partial charge in [0.15, 0.2) is 0 Å². The number of fused-ring (bicyclic) bond motifs is 1. The predicted molar refractivity (Wildman–Crippen MR) is 81.9 cm³/mol. The van der Waals surface area contributed by atoms with Crippen LogP contribution in [0, 0.1) is 0 Å². The molecule has 0 saturated heterocycles. The van der Waals surface area contributed by atoms with E-state index in [0.717, 1.165) is 16.5 Å². The van der Waals surface area contributed by atoms with Crippen molar-refractivity contribution in [2.24, 2.45) is 0 Å². The van der Waals surface area contributed by atoms with Crippen LogP contribution in [-0.2, 0) is 4.79 Å². The molecule has 0 bridgehead atoms. The lowest BCUT2D eigenvalue weighted by Crippen LogP contribution is -2.23. The third-order valence-corrected chi connectivity index (χ3v) is 3.00. The summed E-state index contributed by atoms with van der Waals surface area (Å²) in [5, 5.41) is 5.01. The standard InChI is InChI=1S/C17H19NO2/c1-2-12-18-17(19)11-6-13-20-16-10-5-8-14-7-3-4-9-15(14)16/h2-5,7-10H,1,6,11-13H2,(H,18,19). The van der Waals surface area contributed by atoms with E-state index in [2.05, 4.69) is 24.0 Å². The van der Waals surface area contributed by atoms with Crippen LogP contribution >= 0.6 is 0 Å². The Balaban J connectivity index is 1.84. The molecular weight excluding hydrogens is 250 g/mol. The van der Waals surface area contributed by atoms with Gasteiger partial charge in [-0.15, -0.1) is 6.58 Å². The van der Waals surface area contributed by atoms with Crippen LogP contribution in [0.15, 0.2) is 55.1 Å². The average molecular weight is 269 g/mol. The summed E-state index contributed by atoms with van der Waals surface area (Å²) in [7, 11) is 0. The fourth-order valence-corrected chi connectivity index (χ4v) is 2.01. The number of nitrogens with one attached hydrogen (secondary N) is 1. The fourth-order valence-electron chi connectivity index (χ4n) is 2.01. The van der Waals surface area contributed by atoms with Crippen molar-refractivity contribution < 1.29 is 9.53 Å². The highest BCUT2D eigenvalue weighted by molar-refractivity contribution is 5.88. The number of hydrogen-bond acceptors (Lipinski definition) is 2. The van der Waals surface area contributed by atoms with Gasteiger partial charge in [0.2, 0.25) is 5.91 Å². The van der Waals surface area contributed by atoms with Crippen LogP contribution in [0.2, 0.25) is 0 Å². The van der Waals surface area contributed by atoms with Gasteiger partial charge in [0.05, 0.1) is 6.61 Å². The number of benzene rings is 2. The lowest BCUT2D eigenvalue weighted by atomic mass is 10.1. The maximum absolute atomic E-state index is 11.4. The third kappa shape index (κ3) is 3.85. The summed E-state index contributed by atoms with van der Waals surface area (Å²) in [5.74, 6) is 0.904. The van der Waals surface area contributed by atoms with E-state index in [0.29, 0.717) is 26.0 Å². The number of amides is 1. The van der Waals surface area contributed by atoms with E-state index < -0.39 is 0 Å². The Hall–Kier alpha value is -2.29. The first kappa shape index (κ1) is 14.1. The first-order chi connectivity index (χ1) is 9.81. The summed E-state index contributed by atoms with van der Waals surface area (Å²) < 4.78 is 5.77. The van der Waals surface area contributed by atoms with E-state index in [9.17, 15) is 4.79 Å². The molecule has 1 amide bonds. The van der Waals surface area contributed by atoms with Gasteiger partial charge < -0.3 is 10.1 Å². The maximum atomic E-state index is 11.4. The molecule has 0 aliphatic carbocycles. The lowest BCUT2D eigenvalue weighted by Gasteiger charge is -2.09. The van der Waals surface area contributed by atoms with Crippen molar-refractivity contribution in [3.05, 3.63) is 55.1 Å². The molecule has 0 unspecified atom stereocenters. The molecule has 0 aromatic heterocycles. The molecule has 0 aliphatic rings. The minimum Gasteiger partial charge on any atom is -0.493 e. The van der Waals surface area contributed by atoms with Crippen molar-refractivity contribution in [1.29, 1.82) is 0 Å². The first-order valence-electron chi connectivity index (χ1n) is 6.79. The quantitative estimate of drug-likeness (QED) is 0.618. The van der Waals surface area contributed by atoms with Crippen molar-refractivity contribution in [2.45, 2.75) is 12.8 Å². The van der Waals surface area contributed by atoms with Gasteiger partial charge in [0, 0.05) is 18.4 Å². The Kier molecular flexibility index (Phi) is 5.18. The first-order valence-corrected chi connectivity index (χ1v) is 6.79. The largest absolute Gasteiger partial charge is 0.493 e. The van der Waals surface area contributed by atoms with E-state index in [-0.39, 0.29) is 5.91 Å². The molecule has 104 valence electrons. The van der Waals surface area contributed by atoms with Crippen LogP contribution in [0.5, 0.6) is 5.75 Å². The summed E-state index contributed by atoms with van der Waals surface area (Å²) >= 11 is 0. The lowest BCUT2D eigenvalue weighted by molar-refractivity contribution is -0.121. The topological polar surface area (TPSA) is 38.3 Å². The highest BCUT2D eigenvalue weighted by Crippen LogP contribution is 2.25. The van der Waals surface area contributed by atoms with Crippen LogP contribution in [0.4, 0.5) is 0 Å². The van der Waals surface area contributed by atoms with Crippen LogP contribution in [0.3, 0.4) is 0 Å². The van der Waals surface area contributed by atoms with Crippen LogP contribution in [-0.4, -0.2) is 19.1 Å². The van der Waals surface area contributed by atoms with Crippen LogP contribution in [0.25, 0.3) is 10.8 Å². The molecule has 0 fully saturated rings. The van der Waals surface area contributed by atoms with E-state index in [4.69, 9.17) is 4.74 Å². The molecule has 0 heterocycles. The highest BCUT2D eigenvalue weighted by Gasteiger charge is 2.02. The summed E-state index contributed by atoms with van der Waals surface area (Å²) in [4.78, 5) is 11.4. The molecule has 2 rings (SSSR count). The normalized spacial score (nSPS) is 10.2. The summed E-state index contributed by atoms with van der Waals surface area (Å²) in [6.07, 6.45) is 2.84. The minimum absolute atomic E-state index is 0.0337. The van der Waals surface area contributed by atoms with Gasteiger partial charge >= 0.3 is 0 Å². The molecule has 0 spiro atoms. The van der Waals surface area contributed by atoms with Gasteiger partial charge in [0.25, 0.3) is 0 Å². The zero-order valence-corrected chi connectivity index (χ0v) is 11.5. The van der Waals surface area contributed by atoms with Gasteiger partial charge in [-0.1, -0.05) is 42.5 Å². The van der Waals surface area contributed by atoms with Crippen LogP contribution < -0.4 is 10.1 Å². The van der Waals surface area contributed by atoms with Gasteiger partial charge in [0.1, 0.15) is 5.75 Å². The van der Waals surface area contributed by atoms with Gasteiger partial charge in [-0.3, -0.25) is 4.79 Å².